The Morgan fingerprint density at radius 3 is 2.15 bits per heavy atom. The van der Waals surface area contributed by atoms with Crippen molar-refractivity contribution < 1.29 is 9.59 Å². The molecule has 0 aliphatic rings. The second kappa shape index (κ2) is 7.19. The minimum Gasteiger partial charge on any atom is -0.368 e. The van der Waals surface area contributed by atoms with Gasteiger partial charge in [-0.05, 0) is 18.1 Å². The average Bonchev–Trinajstić information content (AvgIpc) is 2.63. The van der Waals surface area contributed by atoms with E-state index in [1.165, 1.54) is 0 Å². The first-order chi connectivity index (χ1) is 12.5. The SMILES string of the molecule is C[C@H](CC#N)[C@@H](NC(=O)c1c2ccccc2nc2ccccc12)C(N)=O. The summed E-state index contributed by atoms with van der Waals surface area (Å²) >= 11 is 0. The molecule has 3 rings (SSSR count). The number of carbonyl (C=O) groups excluding carboxylic acids is 2. The van der Waals surface area contributed by atoms with Crippen molar-refractivity contribution in [2.75, 3.05) is 0 Å². The van der Waals surface area contributed by atoms with Gasteiger partial charge in [-0.25, -0.2) is 4.98 Å². The zero-order valence-corrected chi connectivity index (χ0v) is 14.3. The molecule has 0 radical (unpaired) electrons. The van der Waals surface area contributed by atoms with Crippen LogP contribution in [0.15, 0.2) is 48.5 Å². The molecule has 26 heavy (non-hydrogen) atoms. The van der Waals surface area contributed by atoms with Crippen LogP contribution in [-0.4, -0.2) is 22.8 Å². The maximum atomic E-state index is 13.1. The van der Waals surface area contributed by atoms with Crippen LogP contribution in [-0.2, 0) is 4.79 Å². The molecule has 6 nitrogen and oxygen atoms in total. The zero-order chi connectivity index (χ0) is 18.7. The predicted molar refractivity (Wildman–Crippen MR) is 99.1 cm³/mol. The van der Waals surface area contributed by atoms with Gasteiger partial charge in [-0.3, -0.25) is 9.59 Å². The number of amides is 2. The first kappa shape index (κ1) is 17.4. The highest BCUT2D eigenvalue weighted by atomic mass is 16.2. The number of para-hydroxylation sites is 2. The van der Waals surface area contributed by atoms with Gasteiger partial charge in [0.1, 0.15) is 6.04 Å². The minimum atomic E-state index is -0.923. The number of hydrogen-bond donors (Lipinski definition) is 2. The highest BCUT2D eigenvalue weighted by Gasteiger charge is 2.26. The molecule has 0 spiro atoms. The van der Waals surface area contributed by atoms with Crippen molar-refractivity contribution in [1.29, 1.82) is 5.26 Å². The zero-order valence-electron chi connectivity index (χ0n) is 14.3. The average molecular weight is 346 g/mol. The lowest BCUT2D eigenvalue weighted by Gasteiger charge is -2.21. The molecule has 0 unspecified atom stereocenters. The number of aromatic nitrogens is 1. The topological polar surface area (TPSA) is 109 Å². The number of nitrogens with one attached hydrogen (secondary N) is 1. The molecule has 0 aliphatic heterocycles. The lowest BCUT2D eigenvalue weighted by molar-refractivity contribution is -0.120. The largest absolute Gasteiger partial charge is 0.368 e. The van der Waals surface area contributed by atoms with Crippen LogP contribution in [0.3, 0.4) is 0 Å². The predicted octanol–water partition coefficient (Wildman–Crippen LogP) is 2.52. The van der Waals surface area contributed by atoms with Gasteiger partial charge in [-0.2, -0.15) is 5.26 Å². The molecule has 0 saturated carbocycles. The molecule has 1 aromatic heterocycles. The van der Waals surface area contributed by atoms with Gasteiger partial charge in [0.15, 0.2) is 0 Å². The standard InChI is InChI=1S/C20H18N4O2/c1-12(10-11-21)18(19(22)25)24-20(26)17-13-6-2-4-8-15(13)23-16-9-5-3-7-14(16)17/h2-9,12,18H,10H2,1H3,(H2,22,25)(H,24,26)/t12-,18-/m1/s1. The van der Waals surface area contributed by atoms with Crippen molar-refractivity contribution in [2.24, 2.45) is 11.7 Å². The first-order valence-electron chi connectivity index (χ1n) is 8.27. The monoisotopic (exact) mass is 346 g/mol. The Morgan fingerprint density at radius 1 is 1.12 bits per heavy atom. The molecule has 2 amide bonds. The van der Waals surface area contributed by atoms with Gasteiger partial charge in [0.25, 0.3) is 5.91 Å². The maximum absolute atomic E-state index is 13.1. The van der Waals surface area contributed by atoms with E-state index < -0.39 is 17.9 Å². The van der Waals surface area contributed by atoms with E-state index in [2.05, 4.69) is 10.3 Å². The second-order valence-corrected chi connectivity index (χ2v) is 6.21. The molecule has 0 fully saturated rings. The van der Waals surface area contributed by atoms with Crippen molar-refractivity contribution in [3.05, 3.63) is 54.1 Å². The van der Waals surface area contributed by atoms with E-state index in [0.29, 0.717) is 27.4 Å². The number of rotatable bonds is 5. The second-order valence-electron chi connectivity index (χ2n) is 6.21. The molecule has 130 valence electrons. The Balaban J connectivity index is 2.12. The molecule has 3 N–H and O–H groups in total. The van der Waals surface area contributed by atoms with Gasteiger partial charge in [0.05, 0.1) is 22.7 Å². The molecule has 6 heteroatoms. The summed E-state index contributed by atoms with van der Waals surface area (Å²) < 4.78 is 0. The van der Waals surface area contributed by atoms with Crippen molar-refractivity contribution in [2.45, 2.75) is 19.4 Å². The Labute approximate surface area is 150 Å². The molecule has 3 aromatic rings. The van der Waals surface area contributed by atoms with Crippen molar-refractivity contribution in [3.8, 4) is 6.07 Å². The lowest BCUT2D eigenvalue weighted by Crippen LogP contribution is -2.48. The maximum Gasteiger partial charge on any atom is 0.253 e. The molecular weight excluding hydrogens is 328 g/mol. The summed E-state index contributed by atoms with van der Waals surface area (Å²) in [5, 5.41) is 13.0. The van der Waals surface area contributed by atoms with E-state index >= 15 is 0 Å². The van der Waals surface area contributed by atoms with Gasteiger partial charge in [-0.1, -0.05) is 43.3 Å². The fraction of sp³-hybridized carbons (Fsp3) is 0.200. The number of nitrogens with two attached hydrogens (primary N) is 1. The van der Waals surface area contributed by atoms with E-state index in [-0.39, 0.29) is 12.3 Å². The van der Waals surface area contributed by atoms with E-state index in [9.17, 15) is 9.59 Å². The quantitative estimate of drug-likeness (QED) is 0.692. The summed E-state index contributed by atoms with van der Waals surface area (Å²) in [7, 11) is 0. The van der Waals surface area contributed by atoms with Crippen molar-refractivity contribution in [1.82, 2.24) is 10.3 Å². The van der Waals surface area contributed by atoms with E-state index in [4.69, 9.17) is 11.0 Å². The molecule has 0 saturated heterocycles. The summed E-state index contributed by atoms with van der Waals surface area (Å²) in [6.07, 6.45) is 0.117. The highest BCUT2D eigenvalue weighted by molar-refractivity contribution is 6.16. The Hall–Kier alpha value is -3.46. The van der Waals surface area contributed by atoms with Gasteiger partial charge in [0, 0.05) is 17.2 Å². The summed E-state index contributed by atoms with van der Waals surface area (Å²) in [5.41, 5.74) is 7.27. The van der Waals surface area contributed by atoms with Crippen LogP contribution >= 0.6 is 0 Å². The van der Waals surface area contributed by atoms with Crippen LogP contribution in [0.4, 0.5) is 0 Å². The molecule has 0 aliphatic carbocycles. The number of primary amides is 1. The molecule has 2 atom stereocenters. The number of hydrogen-bond acceptors (Lipinski definition) is 4. The first-order valence-corrected chi connectivity index (χ1v) is 8.27. The minimum absolute atomic E-state index is 0.117. The van der Waals surface area contributed by atoms with Crippen molar-refractivity contribution in [3.63, 3.8) is 0 Å². The number of benzene rings is 2. The Kier molecular flexibility index (Phi) is 4.81. The smallest absolute Gasteiger partial charge is 0.253 e. The van der Waals surface area contributed by atoms with Crippen LogP contribution in [0.5, 0.6) is 0 Å². The highest BCUT2D eigenvalue weighted by Crippen LogP contribution is 2.26. The van der Waals surface area contributed by atoms with Crippen LogP contribution in [0.1, 0.15) is 23.7 Å². The summed E-state index contributed by atoms with van der Waals surface area (Å²) in [6, 6.07) is 15.8. The molecular formula is C20H18N4O2. The molecule has 1 heterocycles. The summed E-state index contributed by atoms with van der Waals surface area (Å²) in [4.78, 5) is 29.4. The van der Waals surface area contributed by atoms with Gasteiger partial charge < -0.3 is 11.1 Å². The Bertz CT molecular complexity index is 985. The lowest BCUT2D eigenvalue weighted by atomic mass is 9.96. The number of nitrogens with zero attached hydrogens (tertiary/aromatic N) is 2. The third kappa shape index (κ3) is 3.20. The third-order valence-electron chi connectivity index (χ3n) is 4.39. The van der Waals surface area contributed by atoms with E-state index in [0.717, 1.165) is 0 Å². The molecule has 0 bridgehead atoms. The van der Waals surface area contributed by atoms with Crippen LogP contribution < -0.4 is 11.1 Å². The van der Waals surface area contributed by atoms with E-state index in [1.54, 1.807) is 6.92 Å². The van der Waals surface area contributed by atoms with Crippen molar-refractivity contribution >= 4 is 33.6 Å². The number of nitriles is 1. The van der Waals surface area contributed by atoms with Crippen LogP contribution in [0, 0.1) is 17.2 Å². The summed E-state index contributed by atoms with van der Waals surface area (Å²) in [5.74, 6) is -1.46. The van der Waals surface area contributed by atoms with Crippen LogP contribution in [0.25, 0.3) is 21.8 Å². The number of pyridine rings is 1. The number of carbonyl (C=O) groups is 2. The number of fused-ring (bicyclic) bond motifs is 2. The van der Waals surface area contributed by atoms with Gasteiger partial charge in [0.2, 0.25) is 5.91 Å². The fourth-order valence-corrected chi connectivity index (χ4v) is 3.05. The normalized spacial score (nSPS) is 13.1. The third-order valence-corrected chi connectivity index (χ3v) is 4.39. The van der Waals surface area contributed by atoms with Crippen LogP contribution in [0.2, 0.25) is 0 Å². The van der Waals surface area contributed by atoms with Gasteiger partial charge >= 0.3 is 0 Å². The fourth-order valence-electron chi connectivity index (χ4n) is 3.05. The summed E-state index contributed by atoms with van der Waals surface area (Å²) in [6.45, 7) is 1.71. The van der Waals surface area contributed by atoms with E-state index in [1.807, 2.05) is 54.6 Å². The Morgan fingerprint density at radius 2 is 1.65 bits per heavy atom. The van der Waals surface area contributed by atoms with Gasteiger partial charge in [-0.15, -0.1) is 0 Å². The molecule has 2 aromatic carbocycles.